The molecule has 0 rings (SSSR count). The summed E-state index contributed by atoms with van der Waals surface area (Å²) >= 11 is 0. The zero-order valence-electron chi connectivity index (χ0n) is 15.3. The Morgan fingerprint density at radius 3 is 1.76 bits per heavy atom. The van der Waals surface area contributed by atoms with Crippen LogP contribution in [0.4, 0.5) is 0 Å². The standard InChI is InChI=1S/C17H34O3Si/c1-10-19-17(18)15(8)11-16(9)20-21(12(2)3,13(4)5)14(6)7/h11-14,16H,10H2,1-9H3/b15-11+/t16-/m0/s1. The van der Waals surface area contributed by atoms with Gasteiger partial charge in [-0.25, -0.2) is 4.79 Å². The lowest BCUT2D eigenvalue weighted by molar-refractivity contribution is -0.138. The zero-order chi connectivity index (χ0) is 16.8. The first-order valence-corrected chi connectivity index (χ1v) is 10.3. The molecule has 1 atom stereocenters. The molecule has 0 saturated heterocycles. The normalized spacial score (nSPS) is 15.0. The third-order valence-corrected chi connectivity index (χ3v) is 10.4. The van der Waals surface area contributed by atoms with Crippen molar-refractivity contribution in [3.8, 4) is 0 Å². The number of rotatable bonds is 8. The minimum absolute atomic E-state index is 0.0618. The van der Waals surface area contributed by atoms with E-state index in [4.69, 9.17) is 9.16 Å². The number of hydrogen-bond acceptors (Lipinski definition) is 3. The number of esters is 1. The van der Waals surface area contributed by atoms with Crippen molar-refractivity contribution in [2.75, 3.05) is 6.61 Å². The van der Waals surface area contributed by atoms with E-state index >= 15 is 0 Å². The van der Waals surface area contributed by atoms with Crippen LogP contribution in [-0.2, 0) is 14.0 Å². The van der Waals surface area contributed by atoms with E-state index in [1.54, 1.807) is 6.92 Å². The van der Waals surface area contributed by atoms with Crippen LogP contribution >= 0.6 is 0 Å². The molecule has 0 aliphatic heterocycles. The van der Waals surface area contributed by atoms with E-state index in [1.807, 2.05) is 19.9 Å². The molecule has 0 aliphatic carbocycles. The third-order valence-electron chi connectivity index (χ3n) is 4.18. The Bertz CT molecular complexity index is 337. The SMILES string of the molecule is CCOC(=O)/C(C)=C/[C@H](C)O[Si](C(C)C)(C(C)C)C(C)C. The van der Waals surface area contributed by atoms with Gasteiger partial charge in [-0.1, -0.05) is 41.5 Å². The van der Waals surface area contributed by atoms with Gasteiger partial charge in [0.25, 0.3) is 0 Å². The molecule has 124 valence electrons. The molecule has 0 aromatic rings. The second kappa shape index (κ2) is 8.74. The topological polar surface area (TPSA) is 35.5 Å². The monoisotopic (exact) mass is 314 g/mol. The molecule has 0 N–H and O–H groups in total. The van der Waals surface area contributed by atoms with Crippen LogP contribution in [0.1, 0.15) is 62.3 Å². The van der Waals surface area contributed by atoms with Crippen molar-refractivity contribution in [2.24, 2.45) is 0 Å². The summed E-state index contributed by atoms with van der Waals surface area (Å²) in [5, 5.41) is 0. The molecular formula is C17H34O3Si. The van der Waals surface area contributed by atoms with Gasteiger partial charge in [-0.05, 0) is 43.5 Å². The van der Waals surface area contributed by atoms with Gasteiger partial charge in [-0.2, -0.15) is 0 Å². The number of ether oxygens (including phenoxy) is 1. The van der Waals surface area contributed by atoms with Crippen molar-refractivity contribution in [3.05, 3.63) is 11.6 Å². The summed E-state index contributed by atoms with van der Waals surface area (Å²) in [4.78, 5) is 11.7. The fraction of sp³-hybridized carbons (Fsp3) is 0.824. The highest BCUT2D eigenvalue weighted by atomic mass is 28.4. The fourth-order valence-corrected chi connectivity index (χ4v) is 8.96. The van der Waals surface area contributed by atoms with E-state index in [0.717, 1.165) is 0 Å². The predicted molar refractivity (Wildman–Crippen MR) is 92.0 cm³/mol. The first-order valence-electron chi connectivity index (χ1n) is 8.12. The molecule has 0 bridgehead atoms. The van der Waals surface area contributed by atoms with Gasteiger partial charge in [-0.15, -0.1) is 0 Å². The van der Waals surface area contributed by atoms with Crippen LogP contribution in [0.15, 0.2) is 11.6 Å². The van der Waals surface area contributed by atoms with Crippen LogP contribution < -0.4 is 0 Å². The van der Waals surface area contributed by atoms with Crippen LogP contribution in [-0.4, -0.2) is 27.0 Å². The van der Waals surface area contributed by atoms with Crippen molar-refractivity contribution < 1.29 is 14.0 Å². The molecule has 0 aromatic carbocycles. The second-order valence-electron chi connectivity index (χ2n) is 6.71. The van der Waals surface area contributed by atoms with E-state index in [0.29, 0.717) is 28.8 Å². The Kier molecular flexibility index (Phi) is 8.48. The summed E-state index contributed by atoms with van der Waals surface area (Å²) in [6.45, 7) is 19.6. The molecule has 0 unspecified atom stereocenters. The smallest absolute Gasteiger partial charge is 0.333 e. The molecule has 21 heavy (non-hydrogen) atoms. The van der Waals surface area contributed by atoms with E-state index in [-0.39, 0.29) is 12.1 Å². The van der Waals surface area contributed by atoms with Crippen LogP contribution in [0.3, 0.4) is 0 Å². The molecular weight excluding hydrogens is 280 g/mol. The Labute approximate surface area is 132 Å². The van der Waals surface area contributed by atoms with Gasteiger partial charge in [0.05, 0.1) is 12.7 Å². The first-order chi connectivity index (χ1) is 9.59. The lowest BCUT2D eigenvalue weighted by atomic mass is 10.2. The van der Waals surface area contributed by atoms with Gasteiger partial charge in [0.15, 0.2) is 0 Å². The van der Waals surface area contributed by atoms with Gasteiger partial charge in [0.1, 0.15) is 0 Å². The highest BCUT2D eigenvalue weighted by Gasteiger charge is 2.45. The number of carbonyl (C=O) groups is 1. The summed E-state index contributed by atoms with van der Waals surface area (Å²) < 4.78 is 11.6. The van der Waals surface area contributed by atoms with Crippen molar-refractivity contribution in [2.45, 2.75) is 85.0 Å². The van der Waals surface area contributed by atoms with Gasteiger partial charge < -0.3 is 9.16 Å². The average molecular weight is 315 g/mol. The van der Waals surface area contributed by atoms with E-state index in [1.165, 1.54) is 0 Å². The van der Waals surface area contributed by atoms with E-state index in [9.17, 15) is 4.79 Å². The molecule has 0 saturated carbocycles. The van der Waals surface area contributed by atoms with Gasteiger partial charge in [0, 0.05) is 5.57 Å². The predicted octanol–water partition coefficient (Wildman–Crippen LogP) is 5.08. The van der Waals surface area contributed by atoms with Crippen molar-refractivity contribution >= 4 is 14.3 Å². The Hall–Kier alpha value is -0.613. The van der Waals surface area contributed by atoms with Gasteiger partial charge in [-0.3, -0.25) is 0 Å². The second-order valence-corrected chi connectivity index (χ2v) is 12.1. The summed E-state index contributed by atoms with van der Waals surface area (Å²) in [6.07, 6.45) is 1.83. The maximum absolute atomic E-state index is 11.7. The molecule has 0 fully saturated rings. The maximum Gasteiger partial charge on any atom is 0.333 e. The summed E-state index contributed by atoms with van der Waals surface area (Å²) in [6, 6.07) is 0. The van der Waals surface area contributed by atoms with Crippen molar-refractivity contribution in [1.29, 1.82) is 0 Å². The van der Waals surface area contributed by atoms with Gasteiger partial charge in [0.2, 0.25) is 8.32 Å². The highest BCUT2D eigenvalue weighted by molar-refractivity contribution is 6.77. The summed E-state index contributed by atoms with van der Waals surface area (Å²) in [5.41, 5.74) is 2.24. The Morgan fingerprint density at radius 2 is 1.43 bits per heavy atom. The minimum atomic E-state index is -1.91. The Morgan fingerprint density at radius 1 is 1.00 bits per heavy atom. The molecule has 0 aromatic heterocycles. The van der Waals surface area contributed by atoms with Crippen molar-refractivity contribution in [3.63, 3.8) is 0 Å². The summed E-state index contributed by atoms with van der Waals surface area (Å²) in [5.74, 6) is -0.251. The molecule has 0 aliphatic rings. The molecule has 4 heteroatoms. The van der Waals surface area contributed by atoms with Crippen LogP contribution in [0.2, 0.25) is 16.6 Å². The average Bonchev–Trinajstić information content (AvgIpc) is 2.34. The number of carbonyl (C=O) groups excluding carboxylic acids is 1. The third kappa shape index (κ3) is 5.26. The lowest BCUT2D eigenvalue weighted by Gasteiger charge is -2.43. The summed E-state index contributed by atoms with van der Waals surface area (Å²) in [7, 11) is -1.91. The first kappa shape index (κ1) is 20.4. The molecule has 0 spiro atoms. The molecule has 0 radical (unpaired) electrons. The highest BCUT2D eigenvalue weighted by Crippen LogP contribution is 2.43. The van der Waals surface area contributed by atoms with Crippen LogP contribution in [0, 0.1) is 0 Å². The largest absolute Gasteiger partial charge is 0.463 e. The zero-order valence-corrected chi connectivity index (χ0v) is 16.3. The maximum atomic E-state index is 11.7. The van der Waals surface area contributed by atoms with Gasteiger partial charge >= 0.3 is 5.97 Å². The Balaban J connectivity index is 5.19. The van der Waals surface area contributed by atoms with Crippen molar-refractivity contribution in [1.82, 2.24) is 0 Å². The van der Waals surface area contributed by atoms with Crippen LogP contribution in [0.5, 0.6) is 0 Å². The molecule has 3 nitrogen and oxygen atoms in total. The molecule has 0 amide bonds. The minimum Gasteiger partial charge on any atom is -0.463 e. The van der Waals surface area contributed by atoms with Crippen LogP contribution in [0.25, 0.3) is 0 Å². The number of hydrogen-bond donors (Lipinski definition) is 0. The quantitative estimate of drug-likeness (QED) is 0.356. The molecule has 0 heterocycles. The van der Waals surface area contributed by atoms with E-state index < -0.39 is 8.32 Å². The lowest BCUT2D eigenvalue weighted by Crippen LogP contribution is -2.49. The van der Waals surface area contributed by atoms with E-state index in [2.05, 4.69) is 41.5 Å². The fourth-order valence-electron chi connectivity index (χ4n) is 3.43.